The number of halogens is 1. The van der Waals surface area contributed by atoms with Crippen LogP contribution in [0, 0.1) is 19.7 Å². The number of benzene rings is 4. The molecule has 7 nitrogen and oxygen atoms in total. The molecule has 0 aromatic heterocycles. The van der Waals surface area contributed by atoms with Gasteiger partial charge in [0.15, 0.2) is 0 Å². The van der Waals surface area contributed by atoms with Crippen LogP contribution >= 0.6 is 0 Å². The second kappa shape index (κ2) is 15.4. The molecule has 0 spiro atoms. The van der Waals surface area contributed by atoms with Crippen molar-refractivity contribution in [2.24, 2.45) is 0 Å². The number of amides is 2. The van der Waals surface area contributed by atoms with Gasteiger partial charge in [-0.1, -0.05) is 86.0 Å². The molecule has 246 valence electrons. The predicted octanol–water partition coefficient (Wildman–Crippen LogP) is 6.73. The van der Waals surface area contributed by atoms with E-state index in [2.05, 4.69) is 5.32 Å². The lowest BCUT2D eigenvalue weighted by Gasteiger charge is -2.35. The van der Waals surface area contributed by atoms with Gasteiger partial charge in [0.2, 0.25) is 11.8 Å². The highest BCUT2D eigenvalue weighted by molar-refractivity contribution is 7.92. The monoisotopic (exact) mass is 655 g/mol. The van der Waals surface area contributed by atoms with Crippen molar-refractivity contribution in [3.63, 3.8) is 0 Å². The molecule has 1 aliphatic carbocycles. The zero-order valence-electron chi connectivity index (χ0n) is 26.9. The zero-order valence-corrected chi connectivity index (χ0v) is 27.8. The third-order valence-corrected chi connectivity index (χ3v) is 10.7. The molecular weight excluding hydrogens is 614 g/mol. The summed E-state index contributed by atoms with van der Waals surface area (Å²) in [6.45, 7) is 3.27. The summed E-state index contributed by atoms with van der Waals surface area (Å²) < 4.78 is 43.4. The van der Waals surface area contributed by atoms with Crippen LogP contribution in [-0.2, 0) is 32.6 Å². The lowest BCUT2D eigenvalue weighted by molar-refractivity contribution is -0.140. The van der Waals surface area contributed by atoms with Gasteiger partial charge in [-0.15, -0.1) is 0 Å². The Labute approximate surface area is 277 Å². The molecule has 1 saturated carbocycles. The van der Waals surface area contributed by atoms with E-state index in [-0.39, 0.29) is 29.8 Å². The molecule has 1 fully saturated rings. The van der Waals surface area contributed by atoms with Crippen molar-refractivity contribution in [1.82, 2.24) is 10.2 Å². The third-order valence-electron chi connectivity index (χ3n) is 8.88. The minimum Gasteiger partial charge on any atom is -0.352 e. The van der Waals surface area contributed by atoms with E-state index in [4.69, 9.17) is 0 Å². The summed E-state index contributed by atoms with van der Waals surface area (Å²) in [5.41, 5.74) is 3.68. The number of hydrogen-bond donors (Lipinski definition) is 1. The molecule has 0 bridgehead atoms. The quantitative estimate of drug-likeness (QED) is 0.184. The molecule has 1 unspecified atom stereocenters. The van der Waals surface area contributed by atoms with Crippen molar-refractivity contribution >= 4 is 27.5 Å². The van der Waals surface area contributed by atoms with Crippen molar-refractivity contribution < 1.29 is 22.4 Å². The Kier molecular flexibility index (Phi) is 11.1. The number of nitrogens with one attached hydrogen (secondary N) is 1. The van der Waals surface area contributed by atoms with E-state index >= 15 is 0 Å². The Bertz CT molecular complexity index is 1760. The molecule has 5 rings (SSSR count). The number of aryl methyl sites for hydroxylation is 2. The Hall–Kier alpha value is -4.50. The van der Waals surface area contributed by atoms with Crippen molar-refractivity contribution in [1.29, 1.82) is 0 Å². The molecule has 1 atom stereocenters. The summed E-state index contributed by atoms with van der Waals surface area (Å²) in [7, 11) is -4.18. The average Bonchev–Trinajstić information content (AvgIpc) is 3.08. The van der Waals surface area contributed by atoms with E-state index in [1.807, 2.05) is 50.2 Å². The van der Waals surface area contributed by atoms with Crippen molar-refractivity contribution in [2.45, 2.75) is 75.9 Å². The molecule has 0 heterocycles. The summed E-state index contributed by atoms with van der Waals surface area (Å²) in [6, 6.07) is 27.6. The number of rotatable bonds is 12. The Morgan fingerprint density at radius 3 is 2.09 bits per heavy atom. The summed E-state index contributed by atoms with van der Waals surface area (Å²) >= 11 is 0. The fourth-order valence-corrected chi connectivity index (χ4v) is 7.44. The van der Waals surface area contributed by atoms with E-state index in [9.17, 15) is 22.4 Å². The number of carbonyl (C=O) groups is 2. The molecule has 0 saturated heterocycles. The number of hydrogen-bond acceptors (Lipinski definition) is 4. The molecule has 0 radical (unpaired) electrons. The maximum atomic E-state index is 14.6. The number of anilines is 1. The smallest absolute Gasteiger partial charge is 0.264 e. The van der Waals surface area contributed by atoms with Gasteiger partial charge in [0.25, 0.3) is 10.0 Å². The molecule has 4 aromatic rings. The third kappa shape index (κ3) is 8.65. The van der Waals surface area contributed by atoms with Gasteiger partial charge >= 0.3 is 0 Å². The lowest BCUT2D eigenvalue weighted by atomic mass is 9.94. The van der Waals surface area contributed by atoms with Crippen molar-refractivity contribution in [2.75, 3.05) is 10.8 Å². The second-order valence-corrected chi connectivity index (χ2v) is 14.2. The molecular formula is C38H42FN3O4S. The molecule has 4 aromatic carbocycles. The van der Waals surface area contributed by atoms with Gasteiger partial charge in [0.1, 0.15) is 18.4 Å². The fourth-order valence-electron chi connectivity index (χ4n) is 6.01. The highest BCUT2D eigenvalue weighted by Crippen LogP contribution is 2.27. The van der Waals surface area contributed by atoms with Crippen LogP contribution in [0.4, 0.5) is 10.1 Å². The first-order chi connectivity index (χ1) is 22.6. The van der Waals surface area contributed by atoms with Gasteiger partial charge in [0.05, 0.1) is 10.6 Å². The normalized spacial score (nSPS) is 14.3. The van der Waals surface area contributed by atoms with Crippen LogP contribution in [0.3, 0.4) is 0 Å². The van der Waals surface area contributed by atoms with E-state index in [1.54, 1.807) is 42.5 Å². The first-order valence-corrected chi connectivity index (χ1v) is 17.6. The lowest BCUT2D eigenvalue weighted by Crippen LogP contribution is -2.55. The molecule has 2 amide bonds. The maximum Gasteiger partial charge on any atom is 0.264 e. The van der Waals surface area contributed by atoms with Gasteiger partial charge in [-0.25, -0.2) is 12.8 Å². The molecule has 1 N–H and O–H groups in total. The summed E-state index contributed by atoms with van der Waals surface area (Å²) in [4.78, 5) is 30.3. The van der Waals surface area contributed by atoms with E-state index in [0.29, 0.717) is 11.3 Å². The highest BCUT2D eigenvalue weighted by Gasteiger charge is 2.35. The van der Waals surface area contributed by atoms with Crippen LogP contribution in [0.25, 0.3) is 0 Å². The van der Waals surface area contributed by atoms with E-state index in [0.717, 1.165) is 53.1 Å². The van der Waals surface area contributed by atoms with Crippen LogP contribution < -0.4 is 9.62 Å². The fraction of sp³-hybridized carbons (Fsp3) is 0.316. The topological polar surface area (TPSA) is 86.8 Å². The minimum atomic E-state index is -4.18. The molecule has 47 heavy (non-hydrogen) atoms. The van der Waals surface area contributed by atoms with Crippen LogP contribution in [0.1, 0.15) is 54.4 Å². The molecule has 9 heteroatoms. The first kappa shape index (κ1) is 33.9. The van der Waals surface area contributed by atoms with Gasteiger partial charge in [0, 0.05) is 19.0 Å². The van der Waals surface area contributed by atoms with Crippen molar-refractivity contribution in [3.05, 3.63) is 131 Å². The molecule has 0 aliphatic heterocycles. The SMILES string of the molecule is Cc1ccc(N(CC(=O)N(Cc2ccc(F)cc2)C(Cc2ccccc2)C(=O)NC2CCCCC2)S(=O)(=O)c2ccccc2)cc1C. The van der Waals surface area contributed by atoms with Gasteiger partial charge in [-0.05, 0) is 85.3 Å². The highest BCUT2D eigenvalue weighted by atomic mass is 32.2. The largest absolute Gasteiger partial charge is 0.352 e. The first-order valence-electron chi connectivity index (χ1n) is 16.1. The summed E-state index contributed by atoms with van der Waals surface area (Å²) in [5.74, 6) is -1.26. The van der Waals surface area contributed by atoms with Crippen LogP contribution in [0.15, 0.2) is 108 Å². The minimum absolute atomic E-state index is 0.00258. The molecule has 1 aliphatic rings. The Balaban J connectivity index is 1.56. The Morgan fingerprint density at radius 2 is 1.45 bits per heavy atom. The van der Waals surface area contributed by atoms with E-state index < -0.39 is 34.3 Å². The van der Waals surface area contributed by atoms with Crippen LogP contribution in [-0.4, -0.2) is 43.8 Å². The predicted molar refractivity (Wildman–Crippen MR) is 183 cm³/mol. The van der Waals surface area contributed by atoms with E-state index in [1.165, 1.54) is 29.2 Å². The summed E-state index contributed by atoms with van der Waals surface area (Å²) in [5, 5.41) is 3.20. The average molecular weight is 656 g/mol. The Morgan fingerprint density at radius 1 is 0.809 bits per heavy atom. The maximum absolute atomic E-state index is 14.6. The van der Waals surface area contributed by atoms with Gasteiger partial charge in [-0.2, -0.15) is 0 Å². The second-order valence-electron chi connectivity index (χ2n) is 12.3. The summed E-state index contributed by atoms with van der Waals surface area (Å²) in [6.07, 6.45) is 5.13. The zero-order chi connectivity index (χ0) is 33.4. The van der Waals surface area contributed by atoms with Gasteiger partial charge in [-0.3, -0.25) is 13.9 Å². The van der Waals surface area contributed by atoms with Crippen molar-refractivity contribution in [3.8, 4) is 0 Å². The van der Waals surface area contributed by atoms with Gasteiger partial charge < -0.3 is 10.2 Å². The van der Waals surface area contributed by atoms with Crippen LogP contribution in [0.5, 0.6) is 0 Å². The van der Waals surface area contributed by atoms with Crippen LogP contribution in [0.2, 0.25) is 0 Å². The number of nitrogens with zero attached hydrogens (tertiary/aromatic N) is 2. The standard InChI is InChI=1S/C38H42FN3O4S/c1-28-18-23-34(24-29(28)2)42(47(45,46)35-16-10-5-11-17-35)27-37(43)41(26-31-19-21-32(39)22-20-31)36(25-30-12-6-3-7-13-30)38(44)40-33-14-8-4-9-15-33/h3,5-7,10-13,16-24,33,36H,4,8-9,14-15,25-27H2,1-2H3,(H,40,44). The number of sulfonamides is 1. The number of carbonyl (C=O) groups excluding carboxylic acids is 2.